The molecule has 7 nitrogen and oxygen atoms in total. The SMILES string of the molecule is Cc1ccc(NC(=O)COC(=O)CN2C(=O)c3ccccc3C2=O)cc1F. The highest BCUT2D eigenvalue weighted by Gasteiger charge is 2.36. The molecule has 3 rings (SSSR count). The lowest BCUT2D eigenvalue weighted by Gasteiger charge is -2.13. The Hall–Kier alpha value is -3.55. The van der Waals surface area contributed by atoms with Crippen molar-refractivity contribution in [3.63, 3.8) is 0 Å². The van der Waals surface area contributed by atoms with Crippen LogP contribution in [0.5, 0.6) is 0 Å². The molecule has 0 radical (unpaired) electrons. The minimum Gasteiger partial charge on any atom is -0.454 e. The van der Waals surface area contributed by atoms with Gasteiger partial charge in [0.25, 0.3) is 17.7 Å². The van der Waals surface area contributed by atoms with Gasteiger partial charge in [0.1, 0.15) is 12.4 Å². The fraction of sp³-hybridized carbons (Fsp3) is 0.158. The average Bonchev–Trinajstić information content (AvgIpc) is 2.88. The topological polar surface area (TPSA) is 92.8 Å². The third-order valence-electron chi connectivity index (χ3n) is 3.99. The molecule has 0 aromatic heterocycles. The molecular formula is C19H15FN2O5. The summed E-state index contributed by atoms with van der Waals surface area (Å²) in [5.74, 6) is -3.24. The molecule has 2 aromatic rings. The van der Waals surface area contributed by atoms with Crippen molar-refractivity contribution in [2.24, 2.45) is 0 Å². The summed E-state index contributed by atoms with van der Waals surface area (Å²) >= 11 is 0. The van der Waals surface area contributed by atoms with E-state index in [4.69, 9.17) is 4.74 Å². The summed E-state index contributed by atoms with van der Waals surface area (Å²) in [5.41, 5.74) is 1.09. The summed E-state index contributed by atoms with van der Waals surface area (Å²) in [6.07, 6.45) is 0. The zero-order valence-corrected chi connectivity index (χ0v) is 14.3. The molecule has 0 bridgehead atoms. The highest BCUT2D eigenvalue weighted by Crippen LogP contribution is 2.22. The first-order valence-corrected chi connectivity index (χ1v) is 8.03. The van der Waals surface area contributed by atoms with Crippen LogP contribution >= 0.6 is 0 Å². The van der Waals surface area contributed by atoms with E-state index in [0.29, 0.717) is 5.56 Å². The number of amides is 3. The number of hydrogen-bond acceptors (Lipinski definition) is 5. The highest BCUT2D eigenvalue weighted by molar-refractivity contribution is 6.22. The van der Waals surface area contributed by atoms with Crippen LogP contribution < -0.4 is 5.32 Å². The van der Waals surface area contributed by atoms with Gasteiger partial charge in [-0.2, -0.15) is 0 Å². The summed E-state index contributed by atoms with van der Waals surface area (Å²) in [6, 6.07) is 10.4. The van der Waals surface area contributed by atoms with Crippen LogP contribution in [0.15, 0.2) is 42.5 Å². The number of carbonyl (C=O) groups is 4. The molecule has 8 heteroatoms. The quantitative estimate of drug-likeness (QED) is 0.641. The van der Waals surface area contributed by atoms with E-state index in [2.05, 4.69) is 5.32 Å². The van der Waals surface area contributed by atoms with E-state index in [1.807, 2.05) is 0 Å². The van der Waals surface area contributed by atoms with E-state index in [-0.39, 0.29) is 16.8 Å². The fourth-order valence-corrected chi connectivity index (χ4v) is 2.57. The summed E-state index contributed by atoms with van der Waals surface area (Å²) in [7, 11) is 0. The van der Waals surface area contributed by atoms with Gasteiger partial charge in [-0.3, -0.25) is 24.1 Å². The molecule has 3 amide bonds. The van der Waals surface area contributed by atoms with E-state index in [1.54, 1.807) is 19.1 Å². The van der Waals surface area contributed by atoms with E-state index in [9.17, 15) is 23.6 Å². The van der Waals surface area contributed by atoms with Crippen molar-refractivity contribution in [1.82, 2.24) is 4.90 Å². The van der Waals surface area contributed by atoms with Crippen LogP contribution in [0.3, 0.4) is 0 Å². The maximum absolute atomic E-state index is 13.5. The third kappa shape index (κ3) is 3.84. The van der Waals surface area contributed by atoms with Gasteiger partial charge in [-0.15, -0.1) is 0 Å². The van der Waals surface area contributed by atoms with Gasteiger partial charge in [-0.1, -0.05) is 18.2 Å². The van der Waals surface area contributed by atoms with Gasteiger partial charge < -0.3 is 10.1 Å². The Morgan fingerprint density at radius 3 is 2.30 bits per heavy atom. The summed E-state index contributed by atoms with van der Waals surface area (Å²) in [5, 5.41) is 2.39. The first-order valence-electron chi connectivity index (χ1n) is 8.03. The van der Waals surface area contributed by atoms with Crippen LogP contribution in [0.4, 0.5) is 10.1 Å². The monoisotopic (exact) mass is 370 g/mol. The first kappa shape index (κ1) is 18.2. The number of aryl methyl sites for hydroxylation is 1. The van der Waals surface area contributed by atoms with Crippen molar-refractivity contribution in [2.45, 2.75) is 6.92 Å². The first-order chi connectivity index (χ1) is 12.9. The molecule has 138 valence electrons. The lowest BCUT2D eigenvalue weighted by Crippen LogP contribution is -2.36. The number of nitrogens with zero attached hydrogens (tertiary/aromatic N) is 1. The molecule has 0 saturated carbocycles. The van der Waals surface area contributed by atoms with Crippen molar-refractivity contribution >= 4 is 29.4 Å². The molecule has 1 aliphatic heterocycles. The Balaban J connectivity index is 1.53. The predicted octanol–water partition coefficient (Wildman–Crippen LogP) is 1.91. The summed E-state index contributed by atoms with van der Waals surface area (Å²) < 4.78 is 18.2. The Bertz CT molecular complexity index is 922. The van der Waals surface area contributed by atoms with E-state index < -0.39 is 42.7 Å². The van der Waals surface area contributed by atoms with Crippen molar-refractivity contribution in [3.8, 4) is 0 Å². The molecule has 0 spiro atoms. The minimum absolute atomic E-state index is 0.217. The van der Waals surface area contributed by atoms with E-state index in [1.165, 1.54) is 24.3 Å². The maximum atomic E-state index is 13.5. The number of nitrogens with one attached hydrogen (secondary N) is 1. The lowest BCUT2D eigenvalue weighted by atomic mass is 10.1. The molecule has 0 fully saturated rings. The average molecular weight is 370 g/mol. The normalized spacial score (nSPS) is 12.7. The van der Waals surface area contributed by atoms with Gasteiger partial charge in [0.05, 0.1) is 11.1 Å². The molecule has 2 aromatic carbocycles. The molecule has 0 aliphatic carbocycles. The van der Waals surface area contributed by atoms with Crippen LogP contribution in [0, 0.1) is 12.7 Å². The lowest BCUT2D eigenvalue weighted by molar-refractivity contribution is -0.147. The summed E-state index contributed by atoms with van der Waals surface area (Å²) in [6.45, 7) is 0.359. The second-order valence-electron chi connectivity index (χ2n) is 5.91. The molecule has 0 saturated heterocycles. The zero-order chi connectivity index (χ0) is 19.6. The smallest absolute Gasteiger partial charge is 0.326 e. The number of hydrogen-bond donors (Lipinski definition) is 1. The number of fused-ring (bicyclic) bond motifs is 1. The molecular weight excluding hydrogens is 355 g/mol. The number of benzene rings is 2. The van der Waals surface area contributed by atoms with Gasteiger partial charge in [0.15, 0.2) is 6.61 Å². The largest absolute Gasteiger partial charge is 0.454 e. The zero-order valence-electron chi connectivity index (χ0n) is 14.3. The number of carbonyl (C=O) groups excluding carboxylic acids is 4. The van der Waals surface area contributed by atoms with Gasteiger partial charge >= 0.3 is 5.97 Å². The van der Waals surface area contributed by atoms with Crippen molar-refractivity contribution in [2.75, 3.05) is 18.5 Å². The molecule has 1 N–H and O–H groups in total. The second kappa shape index (κ2) is 7.36. The van der Waals surface area contributed by atoms with E-state index >= 15 is 0 Å². The number of imide groups is 1. The Morgan fingerprint density at radius 2 is 1.70 bits per heavy atom. The van der Waals surface area contributed by atoms with Crippen molar-refractivity contribution in [1.29, 1.82) is 0 Å². The number of halogens is 1. The van der Waals surface area contributed by atoms with Crippen LogP contribution in [0.1, 0.15) is 26.3 Å². The molecule has 1 heterocycles. The standard InChI is InChI=1S/C19H15FN2O5/c1-11-6-7-12(8-15(11)20)21-16(23)10-27-17(24)9-22-18(25)13-4-2-3-5-14(13)19(22)26/h2-8H,9-10H2,1H3,(H,21,23). The van der Waals surface area contributed by atoms with Crippen LogP contribution in [-0.2, 0) is 14.3 Å². The fourth-order valence-electron chi connectivity index (χ4n) is 2.57. The Labute approximate surface area is 153 Å². The van der Waals surface area contributed by atoms with Crippen LogP contribution in [0.25, 0.3) is 0 Å². The van der Waals surface area contributed by atoms with Crippen LogP contribution in [0.2, 0.25) is 0 Å². The Morgan fingerprint density at radius 1 is 1.07 bits per heavy atom. The molecule has 0 atom stereocenters. The van der Waals surface area contributed by atoms with Crippen molar-refractivity contribution in [3.05, 3.63) is 65.0 Å². The van der Waals surface area contributed by atoms with Crippen molar-refractivity contribution < 1.29 is 28.3 Å². The molecule has 1 aliphatic rings. The minimum atomic E-state index is -0.908. The van der Waals surface area contributed by atoms with Gasteiger partial charge in [-0.25, -0.2) is 4.39 Å². The Kier molecular flexibility index (Phi) is 4.98. The number of rotatable bonds is 5. The predicted molar refractivity (Wildman–Crippen MR) is 92.5 cm³/mol. The van der Waals surface area contributed by atoms with Gasteiger partial charge in [-0.05, 0) is 36.8 Å². The number of ether oxygens (including phenoxy) is 1. The molecule has 27 heavy (non-hydrogen) atoms. The van der Waals surface area contributed by atoms with Gasteiger partial charge in [0.2, 0.25) is 0 Å². The highest BCUT2D eigenvalue weighted by atomic mass is 19.1. The second-order valence-corrected chi connectivity index (χ2v) is 5.91. The number of anilines is 1. The third-order valence-corrected chi connectivity index (χ3v) is 3.99. The molecule has 0 unspecified atom stereocenters. The van der Waals surface area contributed by atoms with Gasteiger partial charge in [0, 0.05) is 5.69 Å². The summed E-state index contributed by atoms with van der Waals surface area (Å²) in [4.78, 5) is 48.8. The number of esters is 1. The van der Waals surface area contributed by atoms with E-state index in [0.717, 1.165) is 11.0 Å². The van der Waals surface area contributed by atoms with Crippen LogP contribution in [-0.4, -0.2) is 41.7 Å². The maximum Gasteiger partial charge on any atom is 0.326 e.